The summed E-state index contributed by atoms with van der Waals surface area (Å²) in [4.78, 5) is 31.5. The molecular formula is C16H29FNO6P. The van der Waals surface area contributed by atoms with E-state index in [2.05, 4.69) is 14.8 Å². The highest BCUT2D eigenvalue weighted by atomic mass is 31.1. The van der Waals surface area contributed by atoms with Crippen molar-refractivity contribution in [1.29, 1.82) is 0 Å². The van der Waals surface area contributed by atoms with Crippen LogP contribution < -0.4 is 5.32 Å². The maximum Gasteiger partial charge on any atom is 0.412 e. The van der Waals surface area contributed by atoms with Crippen molar-refractivity contribution in [1.82, 2.24) is 5.32 Å². The van der Waals surface area contributed by atoms with Gasteiger partial charge < -0.3 is 14.4 Å². The molecule has 1 amide bonds. The Morgan fingerprint density at radius 1 is 1.32 bits per heavy atom. The summed E-state index contributed by atoms with van der Waals surface area (Å²) in [6, 6.07) is 0. The van der Waals surface area contributed by atoms with Gasteiger partial charge in [0, 0.05) is 12.6 Å². The summed E-state index contributed by atoms with van der Waals surface area (Å²) >= 11 is 0. The lowest BCUT2D eigenvalue weighted by molar-refractivity contribution is -0.151. The first-order chi connectivity index (χ1) is 11.9. The van der Waals surface area contributed by atoms with E-state index in [0.29, 0.717) is 24.9 Å². The summed E-state index contributed by atoms with van der Waals surface area (Å²) in [6.45, 7) is 1.30. The molecule has 4 atom stereocenters. The fourth-order valence-corrected chi connectivity index (χ4v) is 4.01. The quantitative estimate of drug-likeness (QED) is 0.260. The van der Waals surface area contributed by atoms with Crippen LogP contribution in [0.4, 0.5) is 9.18 Å². The molecule has 0 bridgehead atoms. The van der Waals surface area contributed by atoms with E-state index in [0.717, 1.165) is 25.7 Å². The lowest BCUT2D eigenvalue weighted by Crippen LogP contribution is -2.33. The van der Waals surface area contributed by atoms with E-state index in [9.17, 15) is 18.5 Å². The smallest absolute Gasteiger partial charge is 0.412 e. The summed E-state index contributed by atoms with van der Waals surface area (Å²) in [7, 11) is -2.46. The van der Waals surface area contributed by atoms with Gasteiger partial charge in [0.2, 0.25) is 6.79 Å². The van der Waals surface area contributed by atoms with E-state index in [-0.39, 0.29) is 18.8 Å². The lowest BCUT2D eigenvalue weighted by atomic mass is 9.80. The zero-order valence-corrected chi connectivity index (χ0v) is 15.7. The molecule has 4 unspecified atom stereocenters. The number of hydrogen-bond acceptors (Lipinski definition) is 5. The Morgan fingerprint density at radius 3 is 2.72 bits per heavy atom. The van der Waals surface area contributed by atoms with Gasteiger partial charge in [-0.2, -0.15) is 0 Å². The molecule has 7 nitrogen and oxygen atoms in total. The molecule has 1 rings (SSSR count). The number of rotatable bonds is 10. The molecule has 0 aliphatic heterocycles. The van der Waals surface area contributed by atoms with Gasteiger partial charge in [0.15, 0.2) is 14.3 Å². The van der Waals surface area contributed by atoms with Gasteiger partial charge in [-0.1, -0.05) is 19.8 Å². The number of carbonyl (C=O) groups is 2. The normalized spacial score (nSPS) is 22.7. The van der Waals surface area contributed by atoms with Gasteiger partial charge in [-0.15, -0.1) is 0 Å². The van der Waals surface area contributed by atoms with Crippen molar-refractivity contribution in [2.24, 2.45) is 11.8 Å². The summed E-state index contributed by atoms with van der Waals surface area (Å²) in [5.74, 6) is 0.0829. The van der Waals surface area contributed by atoms with Gasteiger partial charge in [0.1, 0.15) is 0 Å². The molecule has 0 saturated heterocycles. The number of nitrogens with one attached hydrogen (secondary N) is 1. The molecule has 1 saturated carbocycles. The van der Waals surface area contributed by atoms with Crippen LogP contribution in [-0.2, 0) is 18.8 Å². The molecule has 25 heavy (non-hydrogen) atoms. The Hall–Kier alpha value is -1.14. The van der Waals surface area contributed by atoms with Crippen LogP contribution in [0, 0.1) is 11.8 Å². The predicted molar refractivity (Wildman–Crippen MR) is 91.1 cm³/mol. The fraction of sp³-hybridized carbons (Fsp3) is 0.875. The Balaban J connectivity index is 2.16. The highest BCUT2D eigenvalue weighted by Gasteiger charge is 2.24. The van der Waals surface area contributed by atoms with Crippen molar-refractivity contribution in [3.8, 4) is 0 Å². The Labute approximate surface area is 148 Å². The zero-order chi connectivity index (χ0) is 18.7. The van der Waals surface area contributed by atoms with Crippen molar-refractivity contribution in [2.45, 2.75) is 64.6 Å². The van der Waals surface area contributed by atoms with Crippen molar-refractivity contribution >= 4 is 20.1 Å². The third-order valence-corrected chi connectivity index (χ3v) is 5.25. The second-order valence-corrected chi connectivity index (χ2v) is 7.70. The van der Waals surface area contributed by atoms with E-state index in [4.69, 9.17) is 4.89 Å². The van der Waals surface area contributed by atoms with Crippen LogP contribution in [0.25, 0.3) is 0 Å². The number of alkyl carbamates (subject to hydrolysis) is 1. The van der Waals surface area contributed by atoms with E-state index < -0.39 is 33.2 Å². The Kier molecular flexibility index (Phi) is 10.7. The van der Waals surface area contributed by atoms with Crippen LogP contribution in [0.3, 0.4) is 0 Å². The van der Waals surface area contributed by atoms with Crippen LogP contribution in [0.15, 0.2) is 0 Å². The number of alkyl halides is 1. The van der Waals surface area contributed by atoms with Crippen molar-refractivity contribution < 1.29 is 32.9 Å². The number of esters is 1. The monoisotopic (exact) mass is 381 g/mol. The number of hydrogen-bond donors (Lipinski definition) is 2. The molecule has 146 valence electrons. The van der Waals surface area contributed by atoms with E-state index >= 15 is 0 Å². The van der Waals surface area contributed by atoms with Gasteiger partial charge in [-0.3, -0.25) is 14.7 Å². The first-order valence-electron chi connectivity index (χ1n) is 8.85. The van der Waals surface area contributed by atoms with Gasteiger partial charge in [-0.25, -0.2) is 9.18 Å². The van der Waals surface area contributed by atoms with Gasteiger partial charge in [0.05, 0.1) is 0 Å². The summed E-state index contributed by atoms with van der Waals surface area (Å²) in [5, 5.41) is 2.06. The highest BCUT2D eigenvalue weighted by Crippen LogP contribution is 2.36. The van der Waals surface area contributed by atoms with Crippen LogP contribution in [0.2, 0.25) is 0 Å². The Bertz CT molecular complexity index is 450. The molecule has 2 N–H and O–H groups in total. The predicted octanol–water partition coefficient (Wildman–Crippen LogP) is 3.36. The average molecular weight is 381 g/mol. The molecule has 9 heteroatoms. The molecule has 1 aliphatic carbocycles. The maximum absolute atomic E-state index is 13.8. The second-order valence-electron chi connectivity index (χ2n) is 6.50. The molecular weight excluding hydrogens is 352 g/mol. The number of halogens is 1. The molecule has 1 fully saturated rings. The van der Waals surface area contributed by atoms with Crippen LogP contribution in [-0.4, -0.2) is 36.2 Å². The standard InChI is InChI=1S/C16H29FNO6P/c1-2-4-15(19)23-11-24-16(20)18-14(17)8-7-12-5-3-6-13(9-12)10-25(21)22/h12-14,25H,2-11H2,1H3,(H,18,20)(H,21,22). The molecule has 0 aromatic carbocycles. The molecule has 0 radical (unpaired) electrons. The maximum atomic E-state index is 13.8. The highest BCUT2D eigenvalue weighted by molar-refractivity contribution is 7.38. The van der Waals surface area contributed by atoms with Crippen molar-refractivity contribution in [2.75, 3.05) is 13.0 Å². The molecule has 0 heterocycles. The van der Waals surface area contributed by atoms with Gasteiger partial charge >= 0.3 is 12.1 Å². The molecule has 0 spiro atoms. The SMILES string of the molecule is CCCC(=O)OCOC(=O)NC(F)CCC1CCCC(C[PH](=O)O)C1. The summed E-state index contributed by atoms with van der Waals surface area (Å²) < 4.78 is 34.0. The average Bonchev–Trinajstić information content (AvgIpc) is 2.53. The second kappa shape index (κ2) is 12.3. The van der Waals surface area contributed by atoms with E-state index in [1.165, 1.54) is 0 Å². The van der Waals surface area contributed by atoms with Crippen LogP contribution >= 0.6 is 8.03 Å². The number of ether oxygens (including phenoxy) is 2. The summed E-state index contributed by atoms with van der Waals surface area (Å²) in [5.41, 5.74) is 0. The molecule has 0 aromatic rings. The van der Waals surface area contributed by atoms with Crippen molar-refractivity contribution in [3.05, 3.63) is 0 Å². The topological polar surface area (TPSA) is 102 Å². The minimum atomic E-state index is -2.46. The fourth-order valence-electron chi connectivity index (χ4n) is 3.15. The minimum absolute atomic E-state index is 0.163. The first-order valence-corrected chi connectivity index (χ1v) is 10.4. The summed E-state index contributed by atoms with van der Waals surface area (Å²) in [6.07, 6.45) is 3.25. The Morgan fingerprint density at radius 2 is 2.04 bits per heavy atom. The van der Waals surface area contributed by atoms with Crippen LogP contribution in [0.1, 0.15) is 58.3 Å². The van der Waals surface area contributed by atoms with Gasteiger partial charge in [-0.05, 0) is 43.9 Å². The third kappa shape index (κ3) is 10.4. The van der Waals surface area contributed by atoms with Crippen molar-refractivity contribution in [3.63, 3.8) is 0 Å². The van der Waals surface area contributed by atoms with Crippen LogP contribution in [0.5, 0.6) is 0 Å². The number of carbonyl (C=O) groups excluding carboxylic acids is 2. The molecule has 1 aliphatic rings. The zero-order valence-electron chi connectivity index (χ0n) is 14.7. The third-order valence-electron chi connectivity index (χ3n) is 4.32. The van der Waals surface area contributed by atoms with E-state index in [1.54, 1.807) is 0 Å². The van der Waals surface area contributed by atoms with Gasteiger partial charge in [0.25, 0.3) is 0 Å². The van der Waals surface area contributed by atoms with E-state index in [1.807, 2.05) is 6.92 Å². The first kappa shape index (κ1) is 21.9. The number of amides is 1. The largest absolute Gasteiger partial charge is 0.428 e. The lowest BCUT2D eigenvalue weighted by Gasteiger charge is -2.28. The minimum Gasteiger partial charge on any atom is -0.428 e. The molecule has 0 aromatic heterocycles.